The van der Waals surface area contributed by atoms with E-state index in [1.165, 1.54) is 24.0 Å². The van der Waals surface area contributed by atoms with Gasteiger partial charge < -0.3 is 10.6 Å². The molecule has 1 aromatic rings. The zero-order valence-corrected chi connectivity index (χ0v) is 16.3. The minimum Gasteiger partial charge on any atom is -0.352 e. The first-order valence-corrected chi connectivity index (χ1v) is 9.71. The van der Waals surface area contributed by atoms with Gasteiger partial charge in [0, 0.05) is 25.6 Å². The number of nitrogens with one attached hydrogen (secondary N) is 2. The Hall–Kier alpha value is -1.39. The number of hydrogen-bond acceptors (Lipinski definition) is 3. The number of nitrogens with zero attached hydrogens (tertiary/aromatic N) is 1. The Morgan fingerprint density at radius 1 is 1.32 bits per heavy atom. The van der Waals surface area contributed by atoms with Crippen LogP contribution in [-0.4, -0.2) is 37.0 Å². The molecule has 1 heterocycles. The number of carbonyl (C=O) groups excluding carboxylic acids is 1. The van der Waals surface area contributed by atoms with Gasteiger partial charge in [0.2, 0.25) is 5.91 Å². The summed E-state index contributed by atoms with van der Waals surface area (Å²) in [5, 5.41) is 6.54. The van der Waals surface area contributed by atoms with E-state index in [2.05, 4.69) is 67.6 Å². The largest absolute Gasteiger partial charge is 0.352 e. The smallest absolute Gasteiger partial charge is 0.220 e. The predicted octanol–water partition coefficient (Wildman–Crippen LogP) is 3.17. The van der Waals surface area contributed by atoms with Gasteiger partial charge in [-0.25, -0.2) is 0 Å². The van der Waals surface area contributed by atoms with Crippen molar-refractivity contribution >= 4 is 5.91 Å². The van der Waals surface area contributed by atoms with Crippen molar-refractivity contribution in [3.63, 3.8) is 0 Å². The van der Waals surface area contributed by atoms with Gasteiger partial charge in [0.1, 0.15) is 0 Å². The Morgan fingerprint density at radius 2 is 2.08 bits per heavy atom. The summed E-state index contributed by atoms with van der Waals surface area (Å²) in [7, 11) is 2.14. The summed E-state index contributed by atoms with van der Waals surface area (Å²) in [5.41, 5.74) is 2.47. The third-order valence-electron chi connectivity index (χ3n) is 5.44. The molecule has 25 heavy (non-hydrogen) atoms. The van der Waals surface area contributed by atoms with Crippen LogP contribution in [0.25, 0.3) is 0 Å². The topological polar surface area (TPSA) is 44.4 Å². The molecule has 4 nitrogen and oxygen atoms in total. The van der Waals surface area contributed by atoms with Crippen molar-refractivity contribution < 1.29 is 4.79 Å². The molecule has 0 saturated carbocycles. The molecule has 0 aliphatic carbocycles. The molecular formula is C21H35N3O. The molecule has 1 amide bonds. The van der Waals surface area contributed by atoms with E-state index in [0.717, 1.165) is 19.6 Å². The fourth-order valence-electron chi connectivity index (χ4n) is 3.40. The minimum atomic E-state index is 0.169. The maximum atomic E-state index is 12.3. The van der Waals surface area contributed by atoms with E-state index in [0.29, 0.717) is 30.8 Å². The zero-order chi connectivity index (χ0) is 18.2. The van der Waals surface area contributed by atoms with Crippen molar-refractivity contribution in [2.24, 2.45) is 11.8 Å². The summed E-state index contributed by atoms with van der Waals surface area (Å²) < 4.78 is 0. The molecule has 4 heteroatoms. The van der Waals surface area contributed by atoms with Crippen molar-refractivity contribution in [2.75, 3.05) is 20.1 Å². The summed E-state index contributed by atoms with van der Waals surface area (Å²) in [4.78, 5) is 14.6. The Kier molecular flexibility index (Phi) is 7.91. The van der Waals surface area contributed by atoms with Gasteiger partial charge in [-0.05, 0) is 69.8 Å². The molecule has 0 radical (unpaired) electrons. The Bertz CT molecular complexity index is 538. The molecule has 2 unspecified atom stereocenters. The maximum Gasteiger partial charge on any atom is 0.220 e. The summed E-state index contributed by atoms with van der Waals surface area (Å²) in [6, 6.07) is 9.06. The maximum absolute atomic E-state index is 12.3. The standard InChI is InChI=1S/C21H35N3O/c1-16(2)24(4)15-19-8-5-7-18(12-19)13-23-21(25)11-17(3)20-9-6-10-22-14-20/h5,7-8,12,16-17,20,22H,6,9-11,13-15H2,1-4H3,(H,23,25). The molecule has 0 spiro atoms. The number of carbonyl (C=O) groups is 1. The first-order chi connectivity index (χ1) is 12.0. The Balaban J connectivity index is 1.79. The number of amides is 1. The SMILES string of the molecule is CC(CC(=O)NCc1cccc(CN(C)C(C)C)c1)C1CCCNC1. The monoisotopic (exact) mass is 345 g/mol. The van der Waals surface area contributed by atoms with E-state index < -0.39 is 0 Å². The fourth-order valence-corrected chi connectivity index (χ4v) is 3.40. The highest BCUT2D eigenvalue weighted by molar-refractivity contribution is 5.76. The van der Waals surface area contributed by atoms with E-state index in [1.807, 2.05) is 0 Å². The van der Waals surface area contributed by atoms with Crippen LogP contribution in [0.4, 0.5) is 0 Å². The lowest BCUT2D eigenvalue weighted by Gasteiger charge is -2.28. The second-order valence-corrected chi connectivity index (χ2v) is 7.89. The van der Waals surface area contributed by atoms with Gasteiger partial charge in [0.25, 0.3) is 0 Å². The Morgan fingerprint density at radius 3 is 2.76 bits per heavy atom. The molecule has 2 atom stereocenters. The molecule has 1 aliphatic heterocycles. The summed E-state index contributed by atoms with van der Waals surface area (Å²) in [6.07, 6.45) is 3.10. The molecule has 140 valence electrons. The van der Waals surface area contributed by atoms with E-state index in [1.54, 1.807) is 0 Å². The van der Waals surface area contributed by atoms with Crippen molar-refractivity contribution in [3.8, 4) is 0 Å². The van der Waals surface area contributed by atoms with Crippen LogP contribution in [0.1, 0.15) is 51.2 Å². The normalized spacial score (nSPS) is 19.2. The predicted molar refractivity (Wildman–Crippen MR) is 104 cm³/mol. The molecule has 1 fully saturated rings. The third-order valence-corrected chi connectivity index (χ3v) is 5.44. The number of piperidine rings is 1. The Labute approximate surface area is 153 Å². The van der Waals surface area contributed by atoms with Crippen LogP contribution in [0.3, 0.4) is 0 Å². The van der Waals surface area contributed by atoms with Gasteiger partial charge in [-0.3, -0.25) is 9.69 Å². The fraction of sp³-hybridized carbons (Fsp3) is 0.667. The quantitative estimate of drug-likeness (QED) is 0.761. The van der Waals surface area contributed by atoms with Crippen LogP contribution in [0.2, 0.25) is 0 Å². The van der Waals surface area contributed by atoms with Crippen molar-refractivity contribution in [1.82, 2.24) is 15.5 Å². The van der Waals surface area contributed by atoms with E-state index >= 15 is 0 Å². The molecule has 2 rings (SSSR count). The van der Waals surface area contributed by atoms with Crippen LogP contribution in [0.15, 0.2) is 24.3 Å². The van der Waals surface area contributed by atoms with Crippen LogP contribution < -0.4 is 10.6 Å². The van der Waals surface area contributed by atoms with Gasteiger partial charge in [-0.2, -0.15) is 0 Å². The highest BCUT2D eigenvalue weighted by Gasteiger charge is 2.21. The van der Waals surface area contributed by atoms with E-state index in [9.17, 15) is 4.79 Å². The molecule has 0 bridgehead atoms. The van der Waals surface area contributed by atoms with Gasteiger partial charge in [-0.1, -0.05) is 31.2 Å². The van der Waals surface area contributed by atoms with Gasteiger partial charge in [0.15, 0.2) is 0 Å². The molecule has 1 aliphatic rings. The molecule has 2 N–H and O–H groups in total. The van der Waals surface area contributed by atoms with E-state index in [-0.39, 0.29) is 5.91 Å². The summed E-state index contributed by atoms with van der Waals surface area (Å²) in [5.74, 6) is 1.25. The van der Waals surface area contributed by atoms with Crippen LogP contribution in [0.5, 0.6) is 0 Å². The molecule has 0 aromatic heterocycles. The van der Waals surface area contributed by atoms with Gasteiger partial charge in [-0.15, -0.1) is 0 Å². The number of rotatable bonds is 8. The second kappa shape index (κ2) is 9.93. The van der Waals surface area contributed by atoms with Crippen LogP contribution in [0, 0.1) is 11.8 Å². The minimum absolute atomic E-state index is 0.169. The first kappa shape index (κ1) is 19.9. The lowest BCUT2D eigenvalue weighted by Crippen LogP contribution is -2.35. The van der Waals surface area contributed by atoms with Crippen LogP contribution >= 0.6 is 0 Å². The average Bonchev–Trinajstić information content (AvgIpc) is 2.61. The number of benzene rings is 1. The van der Waals surface area contributed by atoms with Gasteiger partial charge >= 0.3 is 0 Å². The lowest BCUT2D eigenvalue weighted by atomic mass is 9.85. The molecule has 1 saturated heterocycles. The first-order valence-electron chi connectivity index (χ1n) is 9.71. The van der Waals surface area contributed by atoms with Gasteiger partial charge in [0.05, 0.1) is 0 Å². The summed E-state index contributed by atoms with van der Waals surface area (Å²) >= 11 is 0. The number of hydrogen-bond donors (Lipinski definition) is 2. The highest BCUT2D eigenvalue weighted by atomic mass is 16.1. The van der Waals surface area contributed by atoms with Crippen LogP contribution in [-0.2, 0) is 17.9 Å². The average molecular weight is 346 g/mol. The van der Waals surface area contributed by atoms with Crippen molar-refractivity contribution in [3.05, 3.63) is 35.4 Å². The third kappa shape index (κ3) is 6.79. The van der Waals surface area contributed by atoms with Crippen molar-refractivity contribution in [2.45, 2.75) is 59.2 Å². The molecule has 1 aromatic carbocycles. The van der Waals surface area contributed by atoms with E-state index in [4.69, 9.17) is 0 Å². The summed E-state index contributed by atoms with van der Waals surface area (Å²) in [6.45, 7) is 10.3. The zero-order valence-electron chi connectivity index (χ0n) is 16.3. The molecular weight excluding hydrogens is 310 g/mol. The van der Waals surface area contributed by atoms with Crippen molar-refractivity contribution in [1.29, 1.82) is 0 Å². The lowest BCUT2D eigenvalue weighted by molar-refractivity contribution is -0.122. The highest BCUT2D eigenvalue weighted by Crippen LogP contribution is 2.22. The second-order valence-electron chi connectivity index (χ2n) is 7.89.